The van der Waals surface area contributed by atoms with Crippen LogP contribution in [0.15, 0.2) is 23.8 Å². The number of aliphatic carboxylic acids is 1. The molecule has 9 heteroatoms. The molecule has 5 rings (SSSR count). The standard InChI is InChI=1S/C31H44O9/c1-15(2)22-10-19-11-29(13-32)21-9-8-17(5)20(21)12-30(19,31(22,29)28(35)36)14-38-27-23(33)25(40-26(34)16(3)4)24(37-7)18(6)39-27/h10,13,15,17-21,23-25,27,33H,3,8-9,11-12,14H2,1-2,4-7H3,(H,35,36)/t17?,18-,19?,20?,21?,23+,24-,25+,27-,29?,30?,31?/m1/s1. The molecular formula is C31H44O9. The number of carboxylic acid groups (broad SMARTS) is 1. The van der Waals surface area contributed by atoms with Crippen molar-refractivity contribution in [3.8, 4) is 0 Å². The van der Waals surface area contributed by atoms with Crippen LogP contribution in [0.5, 0.6) is 0 Å². The summed E-state index contributed by atoms with van der Waals surface area (Å²) in [6.07, 6.45) is 1.07. The van der Waals surface area contributed by atoms with Gasteiger partial charge in [0.2, 0.25) is 0 Å². The highest BCUT2D eigenvalue weighted by Crippen LogP contribution is 2.82. The Balaban J connectivity index is 1.52. The van der Waals surface area contributed by atoms with Gasteiger partial charge in [-0.3, -0.25) is 4.79 Å². The van der Waals surface area contributed by atoms with Gasteiger partial charge in [0.15, 0.2) is 12.4 Å². The summed E-state index contributed by atoms with van der Waals surface area (Å²) in [7, 11) is 1.45. The average Bonchev–Trinajstić information content (AvgIpc) is 3.47. The zero-order valence-corrected chi connectivity index (χ0v) is 24.4. The maximum absolute atomic E-state index is 13.6. The van der Waals surface area contributed by atoms with E-state index in [0.29, 0.717) is 18.8 Å². The molecule has 4 aliphatic carbocycles. The number of carbonyl (C=O) groups excluding carboxylic acids is 2. The second-order valence-electron chi connectivity index (χ2n) is 13.3. The molecular weight excluding hydrogens is 516 g/mol. The van der Waals surface area contributed by atoms with Crippen molar-refractivity contribution < 1.29 is 43.5 Å². The first-order valence-corrected chi connectivity index (χ1v) is 14.6. The normalized spacial score (nSPS) is 47.1. The third kappa shape index (κ3) is 3.63. The summed E-state index contributed by atoms with van der Waals surface area (Å²) in [4.78, 5) is 39.2. The molecule has 3 saturated carbocycles. The summed E-state index contributed by atoms with van der Waals surface area (Å²) in [5.74, 6) is -1.23. The first kappa shape index (κ1) is 29.4. The van der Waals surface area contributed by atoms with Gasteiger partial charge in [-0.1, -0.05) is 45.4 Å². The number of rotatable bonds is 9. The van der Waals surface area contributed by atoms with Crippen molar-refractivity contribution in [2.24, 2.45) is 45.8 Å². The number of carbonyl (C=O) groups is 3. The molecule has 4 bridgehead atoms. The van der Waals surface area contributed by atoms with Crippen LogP contribution < -0.4 is 0 Å². The highest BCUT2D eigenvalue weighted by molar-refractivity contribution is 5.90. The lowest BCUT2D eigenvalue weighted by atomic mass is 9.43. The summed E-state index contributed by atoms with van der Waals surface area (Å²) in [6.45, 7) is 13.1. The minimum atomic E-state index is -1.39. The SMILES string of the molecule is C=C(C)C(=O)O[C@H]1[C@H](O)[C@H](OCC23CC4C(C)CCC4C4(C=O)CC2C=C(C(C)C)C43C(=O)O)O[C@H](C)[C@H]1OC. The van der Waals surface area contributed by atoms with Crippen LogP contribution in [-0.2, 0) is 33.3 Å². The van der Waals surface area contributed by atoms with Gasteiger partial charge >= 0.3 is 11.9 Å². The topological polar surface area (TPSA) is 129 Å². The number of aldehydes is 1. The Morgan fingerprint density at radius 2 is 1.93 bits per heavy atom. The highest BCUT2D eigenvalue weighted by Gasteiger charge is 2.84. The van der Waals surface area contributed by atoms with Crippen molar-refractivity contribution in [1.82, 2.24) is 0 Å². The van der Waals surface area contributed by atoms with Crippen molar-refractivity contribution in [2.75, 3.05) is 13.7 Å². The van der Waals surface area contributed by atoms with Gasteiger partial charge in [-0.15, -0.1) is 0 Å². The number of hydrogen-bond acceptors (Lipinski definition) is 8. The Morgan fingerprint density at radius 1 is 1.23 bits per heavy atom. The number of methoxy groups -OCH3 is 1. The van der Waals surface area contributed by atoms with E-state index in [0.717, 1.165) is 24.7 Å². The number of allylic oxidation sites excluding steroid dienone is 1. The van der Waals surface area contributed by atoms with Gasteiger partial charge in [-0.2, -0.15) is 0 Å². The molecule has 222 valence electrons. The number of carboxylic acids is 1. The molecule has 0 aromatic heterocycles. The van der Waals surface area contributed by atoms with E-state index in [2.05, 4.69) is 19.6 Å². The summed E-state index contributed by atoms with van der Waals surface area (Å²) in [6, 6.07) is 0. The Kier molecular flexibility index (Phi) is 7.38. The largest absolute Gasteiger partial charge is 0.481 e. The molecule has 0 amide bonds. The second kappa shape index (κ2) is 10.0. The van der Waals surface area contributed by atoms with E-state index >= 15 is 0 Å². The molecule has 40 heavy (non-hydrogen) atoms. The third-order valence-electron chi connectivity index (χ3n) is 11.2. The zero-order valence-electron chi connectivity index (χ0n) is 24.4. The average molecular weight is 561 g/mol. The number of aliphatic hydroxyl groups is 1. The Morgan fingerprint density at radius 3 is 2.50 bits per heavy atom. The van der Waals surface area contributed by atoms with Gasteiger partial charge in [-0.05, 0) is 62.7 Å². The van der Waals surface area contributed by atoms with Crippen LogP contribution in [0.3, 0.4) is 0 Å². The van der Waals surface area contributed by atoms with Gasteiger partial charge in [0.05, 0.1) is 18.1 Å². The van der Waals surface area contributed by atoms with E-state index in [4.69, 9.17) is 18.9 Å². The predicted octanol–water partition coefficient (Wildman–Crippen LogP) is 3.54. The van der Waals surface area contributed by atoms with Crippen molar-refractivity contribution in [2.45, 2.75) is 91.0 Å². The van der Waals surface area contributed by atoms with E-state index in [-0.39, 0.29) is 35.9 Å². The van der Waals surface area contributed by atoms with Gasteiger partial charge in [0, 0.05) is 18.1 Å². The maximum Gasteiger partial charge on any atom is 0.333 e. The molecule has 1 heterocycles. The number of esters is 1. The van der Waals surface area contributed by atoms with E-state index in [9.17, 15) is 24.6 Å². The fourth-order valence-electron chi connectivity index (χ4n) is 9.68. The maximum atomic E-state index is 13.6. The lowest BCUT2D eigenvalue weighted by Crippen LogP contribution is -2.64. The third-order valence-corrected chi connectivity index (χ3v) is 11.2. The summed E-state index contributed by atoms with van der Waals surface area (Å²) >= 11 is 0. The first-order chi connectivity index (χ1) is 18.8. The molecule has 12 atom stereocenters. The molecule has 4 fully saturated rings. The van der Waals surface area contributed by atoms with Gasteiger partial charge in [0.1, 0.15) is 23.9 Å². The molecule has 0 spiro atoms. The van der Waals surface area contributed by atoms with E-state index < -0.39 is 58.9 Å². The van der Waals surface area contributed by atoms with Crippen molar-refractivity contribution in [3.05, 3.63) is 23.8 Å². The van der Waals surface area contributed by atoms with Gasteiger partial charge < -0.3 is 34.0 Å². The van der Waals surface area contributed by atoms with E-state index in [1.54, 1.807) is 6.92 Å². The Hall–Kier alpha value is -2.07. The van der Waals surface area contributed by atoms with Crippen LogP contribution in [0, 0.1) is 45.8 Å². The van der Waals surface area contributed by atoms with Gasteiger partial charge in [0.25, 0.3) is 0 Å². The van der Waals surface area contributed by atoms with Crippen LogP contribution >= 0.6 is 0 Å². The zero-order chi connectivity index (χ0) is 29.4. The number of ether oxygens (including phenoxy) is 4. The second-order valence-corrected chi connectivity index (χ2v) is 13.3. The molecule has 1 aliphatic heterocycles. The monoisotopic (exact) mass is 560 g/mol. The number of hydrogen-bond donors (Lipinski definition) is 2. The van der Waals surface area contributed by atoms with Crippen LogP contribution in [0.4, 0.5) is 0 Å². The summed E-state index contributed by atoms with van der Waals surface area (Å²) in [5, 5.41) is 22.4. The molecule has 1 saturated heterocycles. The molecule has 2 N–H and O–H groups in total. The Bertz CT molecular complexity index is 1110. The molecule has 9 nitrogen and oxygen atoms in total. The van der Waals surface area contributed by atoms with Crippen molar-refractivity contribution in [1.29, 1.82) is 0 Å². The molecule has 0 radical (unpaired) electrons. The van der Waals surface area contributed by atoms with Gasteiger partial charge in [-0.25, -0.2) is 4.79 Å². The van der Waals surface area contributed by atoms with Crippen LogP contribution in [-0.4, -0.2) is 72.9 Å². The predicted molar refractivity (Wildman–Crippen MR) is 144 cm³/mol. The molecule has 0 aromatic carbocycles. The highest BCUT2D eigenvalue weighted by atomic mass is 16.7. The minimum absolute atomic E-state index is 0.00450. The van der Waals surface area contributed by atoms with Crippen molar-refractivity contribution >= 4 is 18.2 Å². The molecule has 5 aliphatic rings. The molecule has 0 aromatic rings. The Labute approximate surface area is 236 Å². The van der Waals surface area contributed by atoms with Crippen molar-refractivity contribution in [3.63, 3.8) is 0 Å². The quantitative estimate of drug-likeness (QED) is 0.188. The molecule has 7 unspecified atom stereocenters. The lowest BCUT2D eigenvalue weighted by Gasteiger charge is -2.58. The van der Waals surface area contributed by atoms with Crippen LogP contribution in [0.1, 0.15) is 60.3 Å². The first-order valence-electron chi connectivity index (χ1n) is 14.6. The smallest absolute Gasteiger partial charge is 0.333 e. The van der Waals surface area contributed by atoms with E-state index in [1.807, 2.05) is 13.8 Å². The fourth-order valence-corrected chi connectivity index (χ4v) is 9.68. The fraction of sp³-hybridized carbons (Fsp3) is 0.774. The van der Waals surface area contributed by atoms with E-state index in [1.165, 1.54) is 14.0 Å². The summed E-state index contributed by atoms with van der Waals surface area (Å²) < 4.78 is 23.5. The lowest BCUT2D eigenvalue weighted by molar-refractivity contribution is -0.308. The number of aliphatic hydroxyl groups excluding tert-OH is 1. The number of fused-ring (bicyclic) bond motifs is 2. The van der Waals surface area contributed by atoms with Crippen LogP contribution in [0.2, 0.25) is 0 Å². The minimum Gasteiger partial charge on any atom is -0.481 e. The summed E-state index contributed by atoms with van der Waals surface area (Å²) in [5.41, 5.74) is -2.26. The van der Waals surface area contributed by atoms with Crippen LogP contribution in [0.25, 0.3) is 0 Å².